The molecule has 1 aliphatic rings. The van der Waals surface area contributed by atoms with Crippen molar-refractivity contribution < 1.29 is 0 Å². The average Bonchev–Trinajstić information content (AvgIpc) is 2.51. The summed E-state index contributed by atoms with van der Waals surface area (Å²) in [5, 5.41) is 3.77. The molecule has 1 fully saturated rings. The monoisotopic (exact) mass is 225 g/mol. The number of hydrogen-bond donors (Lipinski definition) is 1. The maximum Gasteiger partial charge on any atom is 0.0108 e. The maximum absolute atomic E-state index is 3.77. The van der Waals surface area contributed by atoms with Gasteiger partial charge in [0.1, 0.15) is 0 Å². The van der Waals surface area contributed by atoms with Crippen molar-refractivity contribution in [3.63, 3.8) is 0 Å². The Hall–Kier alpha value is -0.0400. The van der Waals surface area contributed by atoms with Crippen LogP contribution in [0.5, 0.6) is 0 Å². The lowest BCUT2D eigenvalue weighted by molar-refractivity contribution is 0.340. The summed E-state index contributed by atoms with van der Waals surface area (Å²) in [6.45, 7) is 17.8. The lowest BCUT2D eigenvalue weighted by atomic mass is 9.95. The summed E-state index contributed by atoms with van der Waals surface area (Å²) in [5.41, 5.74) is 1.01. The molecule has 16 heavy (non-hydrogen) atoms. The molecule has 1 heteroatoms. The summed E-state index contributed by atoms with van der Waals surface area (Å²) in [6, 6.07) is 0.713. The van der Waals surface area contributed by atoms with Gasteiger partial charge in [0, 0.05) is 6.04 Å². The summed E-state index contributed by atoms with van der Waals surface area (Å²) in [7, 11) is 0. The van der Waals surface area contributed by atoms with E-state index < -0.39 is 0 Å². The molecule has 0 aromatic rings. The minimum Gasteiger partial charge on any atom is -0.314 e. The Kier molecular flexibility index (Phi) is 4.10. The van der Waals surface area contributed by atoms with Gasteiger partial charge in [0.2, 0.25) is 0 Å². The largest absolute Gasteiger partial charge is 0.314 e. The molecule has 0 saturated heterocycles. The zero-order valence-electron chi connectivity index (χ0n) is 12.4. The third-order valence-corrected chi connectivity index (χ3v) is 4.92. The number of hydrogen-bond acceptors (Lipinski definition) is 1. The molecule has 1 unspecified atom stereocenters. The summed E-state index contributed by atoms with van der Waals surface area (Å²) in [4.78, 5) is 0. The average molecular weight is 225 g/mol. The molecule has 1 saturated carbocycles. The SMILES string of the molecule is CCCNC(CC(C)C)C1C(C)(C)C1(C)C. The van der Waals surface area contributed by atoms with Crippen LogP contribution in [0, 0.1) is 22.7 Å². The molecule has 1 nitrogen and oxygen atoms in total. The summed E-state index contributed by atoms with van der Waals surface area (Å²) < 4.78 is 0. The van der Waals surface area contributed by atoms with E-state index in [4.69, 9.17) is 0 Å². The van der Waals surface area contributed by atoms with Gasteiger partial charge in [0.05, 0.1) is 0 Å². The Morgan fingerprint density at radius 2 is 1.56 bits per heavy atom. The Morgan fingerprint density at radius 3 is 1.88 bits per heavy atom. The molecule has 0 spiro atoms. The number of nitrogens with one attached hydrogen (secondary N) is 1. The van der Waals surface area contributed by atoms with Crippen LogP contribution in [0.3, 0.4) is 0 Å². The van der Waals surface area contributed by atoms with Crippen molar-refractivity contribution in [3.05, 3.63) is 0 Å². The van der Waals surface area contributed by atoms with Crippen LogP contribution in [-0.4, -0.2) is 12.6 Å². The highest BCUT2D eigenvalue weighted by Crippen LogP contribution is 2.70. The highest BCUT2D eigenvalue weighted by atomic mass is 15.0. The van der Waals surface area contributed by atoms with Gasteiger partial charge in [-0.2, -0.15) is 0 Å². The van der Waals surface area contributed by atoms with Gasteiger partial charge in [-0.1, -0.05) is 48.5 Å². The first-order valence-electron chi connectivity index (χ1n) is 6.98. The molecule has 0 aromatic heterocycles. The molecule has 0 aliphatic heterocycles. The van der Waals surface area contributed by atoms with Gasteiger partial charge in [0.15, 0.2) is 0 Å². The fourth-order valence-electron chi connectivity index (χ4n) is 3.43. The van der Waals surface area contributed by atoms with E-state index in [1.54, 1.807) is 0 Å². The van der Waals surface area contributed by atoms with Crippen molar-refractivity contribution in [2.24, 2.45) is 22.7 Å². The minimum atomic E-state index is 0.507. The second-order valence-electron chi connectivity index (χ2n) is 7.11. The molecule has 1 aliphatic carbocycles. The molecule has 0 radical (unpaired) electrons. The van der Waals surface area contributed by atoms with Gasteiger partial charge in [-0.05, 0) is 42.1 Å². The van der Waals surface area contributed by atoms with Crippen LogP contribution in [0.1, 0.15) is 61.3 Å². The standard InChI is InChI=1S/C15H31N/c1-8-9-16-12(10-11(2)3)13-14(4,5)15(13,6)7/h11-13,16H,8-10H2,1-7H3. The lowest BCUT2D eigenvalue weighted by Gasteiger charge is -2.22. The first-order valence-corrected chi connectivity index (χ1v) is 6.98. The van der Waals surface area contributed by atoms with Crippen LogP contribution in [0.2, 0.25) is 0 Å². The van der Waals surface area contributed by atoms with Crippen LogP contribution in [-0.2, 0) is 0 Å². The molecule has 0 amide bonds. The van der Waals surface area contributed by atoms with Gasteiger partial charge in [-0.25, -0.2) is 0 Å². The van der Waals surface area contributed by atoms with Crippen molar-refractivity contribution in [1.82, 2.24) is 5.32 Å². The van der Waals surface area contributed by atoms with Crippen LogP contribution in [0.4, 0.5) is 0 Å². The van der Waals surface area contributed by atoms with E-state index in [2.05, 4.69) is 53.8 Å². The first-order chi connectivity index (χ1) is 7.25. The summed E-state index contributed by atoms with van der Waals surface area (Å²) >= 11 is 0. The summed E-state index contributed by atoms with van der Waals surface area (Å²) in [6.07, 6.45) is 2.56. The fraction of sp³-hybridized carbons (Fsp3) is 1.00. The Bertz CT molecular complexity index is 214. The highest BCUT2D eigenvalue weighted by Gasteiger charge is 2.66. The zero-order chi connectivity index (χ0) is 12.6. The van der Waals surface area contributed by atoms with Gasteiger partial charge in [-0.3, -0.25) is 0 Å². The van der Waals surface area contributed by atoms with E-state index in [9.17, 15) is 0 Å². The Balaban J connectivity index is 2.64. The summed E-state index contributed by atoms with van der Waals surface area (Å²) in [5.74, 6) is 1.63. The van der Waals surface area contributed by atoms with Crippen LogP contribution in [0.15, 0.2) is 0 Å². The molecule has 0 bridgehead atoms. The van der Waals surface area contributed by atoms with Gasteiger partial charge >= 0.3 is 0 Å². The lowest BCUT2D eigenvalue weighted by Crippen LogP contribution is -2.35. The normalized spacial score (nSPS) is 24.8. The smallest absolute Gasteiger partial charge is 0.0108 e. The second-order valence-corrected chi connectivity index (χ2v) is 7.11. The fourth-order valence-corrected chi connectivity index (χ4v) is 3.43. The van der Waals surface area contributed by atoms with Gasteiger partial charge in [0.25, 0.3) is 0 Å². The molecule has 0 heterocycles. The molecule has 96 valence electrons. The van der Waals surface area contributed by atoms with Crippen LogP contribution >= 0.6 is 0 Å². The van der Waals surface area contributed by atoms with E-state index in [1.165, 1.54) is 19.4 Å². The first kappa shape index (κ1) is 14.0. The van der Waals surface area contributed by atoms with E-state index in [1.807, 2.05) is 0 Å². The van der Waals surface area contributed by atoms with Crippen LogP contribution < -0.4 is 5.32 Å². The maximum atomic E-state index is 3.77. The minimum absolute atomic E-state index is 0.507. The predicted octanol–water partition coefficient (Wildman–Crippen LogP) is 4.08. The molecular weight excluding hydrogens is 194 g/mol. The van der Waals surface area contributed by atoms with E-state index in [0.717, 1.165) is 11.8 Å². The third kappa shape index (κ3) is 2.45. The van der Waals surface area contributed by atoms with Gasteiger partial charge < -0.3 is 5.32 Å². The third-order valence-electron chi connectivity index (χ3n) is 4.92. The number of rotatable bonds is 6. The molecule has 1 atom stereocenters. The molecule has 1 N–H and O–H groups in total. The van der Waals surface area contributed by atoms with Crippen LogP contribution in [0.25, 0.3) is 0 Å². The highest BCUT2D eigenvalue weighted by molar-refractivity contribution is 5.16. The zero-order valence-corrected chi connectivity index (χ0v) is 12.4. The quantitative estimate of drug-likeness (QED) is 0.718. The Labute approximate surface area is 102 Å². The van der Waals surface area contributed by atoms with E-state index in [0.29, 0.717) is 16.9 Å². The predicted molar refractivity (Wildman–Crippen MR) is 72.6 cm³/mol. The van der Waals surface area contributed by atoms with Crippen molar-refractivity contribution in [3.8, 4) is 0 Å². The molecular formula is C15H31N. The van der Waals surface area contributed by atoms with Gasteiger partial charge in [-0.15, -0.1) is 0 Å². The van der Waals surface area contributed by atoms with Crippen molar-refractivity contribution in [2.45, 2.75) is 67.3 Å². The van der Waals surface area contributed by atoms with Crippen molar-refractivity contribution >= 4 is 0 Å². The van der Waals surface area contributed by atoms with E-state index >= 15 is 0 Å². The second kappa shape index (κ2) is 4.68. The molecule has 0 aromatic carbocycles. The topological polar surface area (TPSA) is 12.0 Å². The van der Waals surface area contributed by atoms with Crippen molar-refractivity contribution in [1.29, 1.82) is 0 Å². The molecule has 1 rings (SSSR count). The van der Waals surface area contributed by atoms with Crippen molar-refractivity contribution in [2.75, 3.05) is 6.54 Å². The Morgan fingerprint density at radius 1 is 1.06 bits per heavy atom. The van der Waals surface area contributed by atoms with E-state index in [-0.39, 0.29) is 0 Å².